The normalized spacial score (nSPS) is 23.4. The van der Waals surface area contributed by atoms with Gasteiger partial charge in [-0.2, -0.15) is 0 Å². The summed E-state index contributed by atoms with van der Waals surface area (Å²) in [6.07, 6.45) is 4.71. The molecule has 3 rings (SSSR count). The zero-order valence-corrected chi connectivity index (χ0v) is 15.6. The predicted molar refractivity (Wildman–Crippen MR) is 97.9 cm³/mol. The topological polar surface area (TPSA) is 42.0 Å². The van der Waals surface area contributed by atoms with Crippen LogP contribution >= 0.6 is 0 Å². The number of likely N-dealkylation sites (tertiary alicyclic amines) is 1. The first-order valence-corrected chi connectivity index (χ1v) is 9.27. The molecule has 1 saturated heterocycles. The van der Waals surface area contributed by atoms with Gasteiger partial charge in [0.1, 0.15) is 5.75 Å². The highest BCUT2D eigenvalue weighted by Gasteiger charge is 2.34. The molecule has 2 atom stereocenters. The maximum Gasteiger partial charge on any atom is 0.319 e. The monoisotopic (exact) mass is 346 g/mol. The van der Waals surface area contributed by atoms with Crippen LogP contribution in [0.5, 0.6) is 5.75 Å². The van der Waals surface area contributed by atoms with E-state index in [0.717, 1.165) is 44.2 Å². The first-order valence-electron chi connectivity index (χ1n) is 9.27. The van der Waals surface area contributed by atoms with Crippen molar-refractivity contribution in [3.05, 3.63) is 29.8 Å². The molecule has 1 aliphatic carbocycles. The fourth-order valence-electron chi connectivity index (χ4n) is 3.49. The number of hydrogen-bond acceptors (Lipinski definition) is 3. The number of carbonyl (C=O) groups is 1. The van der Waals surface area contributed by atoms with E-state index in [1.165, 1.54) is 18.4 Å². The third-order valence-corrected chi connectivity index (χ3v) is 5.22. The van der Waals surface area contributed by atoms with Gasteiger partial charge in [0.2, 0.25) is 0 Å². The van der Waals surface area contributed by atoms with E-state index in [9.17, 15) is 4.79 Å². The smallest absolute Gasteiger partial charge is 0.319 e. The number of urea groups is 1. The summed E-state index contributed by atoms with van der Waals surface area (Å²) >= 11 is 0. The number of carbonyl (C=O) groups excluding carboxylic acids is 1. The second-order valence-corrected chi connectivity index (χ2v) is 7.54. The lowest BCUT2D eigenvalue weighted by Gasteiger charge is -2.39. The summed E-state index contributed by atoms with van der Waals surface area (Å²) in [6, 6.07) is 8.33. The number of nitrogens with zero attached hydrogens (tertiary/aromatic N) is 2. The lowest BCUT2D eigenvalue weighted by Crippen LogP contribution is -2.50. The number of amides is 2. The second-order valence-electron chi connectivity index (χ2n) is 7.54. The molecule has 0 unspecified atom stereocenters. The standard InChI is InChI=1S/C20H30N2O3/c1-21(2)20(23)22-11-10-19(25-14-16-4-5-16)17(13-22)12-15-6-8-18(24-3)9-7-15/h6-9,16-17,19H,4-5,10-14H2,1-3H3/t17-,19+/m0/s1. The minimum atomic E-state index is 0.0976. The molecule has 0 aromatic heterocycles. The average molecular weight is 346 g/mol. The first kappa shape index (κ1) is 18.1. The van der Waals surface area contributed by atoms with Crippen LogP contribution in [-0.2, 0) is 11.2 Å². The van der Waals surface area contributed by atoms with Gasteiger partial charge in [-0.3, -0.25) is 0 Å². The van der Waals surface area contributed by atoms with E-state index < -0.39 is 0 Å². The molecule has 2 fully saturated rings. The minimum Gasteiger partial charge on any atom is -0.497 e. The maximum absolute atomic E-state index is 12.4. The summed E-state index contributed by atoms with van der Waals surface area (Å²) in [7, 11) is 5.32. The quantitative estimate of drug-likeness (QED) is 0.795. The molecular formula is C20H30N2O3. The van der Waals surface area contributed by atoms with Crippen molar-refractivity contribution in [2.45, 2.75) is 31.8 Å². The van der Waals surface area contributed by atoms with Crippen LogP contribution in [0.25, 0.3) is 0 Å². The van der Waals surface area contributed by atoms with Crippen molar-refractivity contribution in [1.82, 2.24) is 9.80 Å². The van der Waals surface area contributed by atoms with Crippen molar-refractivity contribution >= 4 is 6.03 Å². The van der Waals surface area contributed by atoms with Gasteiger partial charge in [0.05, 0.1) is 13.2 Å². The van der Waals surface area contributed by atoms with E-state index in [1.54, 1.807) is 12.0 Å². The molecule has 25 heavy (non-hydrogen) atoms. The van der Waals surface area contributed by atoms with E-state index in [4.69, 9.17) is 9.47 Å². The van der Waals surface area contributed by atoms with Gasteiger partial charge >= 0.3 is 6.03 Å². The summed E-state index contributed by atoms with van der Waals surface area (Å²) in [4.78, 5) is 16.0. The fourth-order valence-corrected chi connectivity index (χ4v) is 3.49. The Morgan fingerprint density at radius 3 is 2.52 bits per heavy atom. The van der Waals surface area contributed by atoms with Crippen molar-refractivity contribution in [3.63, 3.8) is 0 Å². The van der Waals surface area contributed by atoms with Crippen LogP contribution in [0.3, 0.4) is 0 Å². The van der Waals surface area contributed by atoms with E-state index in [-0.39, 0.29) is 12.1 Å². The summed E-state index contributed by atoms with van der Waals surface area (Å²) in [6.45, 7) is 2.43. The van der Waals surface area contributed by atoms with Crippen LogP contribution in [0.1, 0.15) is 24.8 Å². The largest absolute Gasteiger partial charge is 0.497 e. The van der Waals surface area contributed by atoms with Crippen LogP contribution in [0.15, 0.2) is 24.3 Å². The Morgan fingerprint density at radius 2 is 1.92 bits per heavy atom. The van der Waals surface area contributed by atoms with Gasteiger partial charge in [0.15, 0.2) is 0 Å². The lowest BCUT2D eigenvalue weighted by atomic mass is 9.88. The molecule has 1 saturated carbocycles. The average Bonchev–Trinajstić information content (AvgIpc) is 3.45. The Bertz CT molecular complexity index is 569. The molecule has 0 spiro atoms. The molecule has 0 radical (unpaired) electrons. The molecule has 1 aliphatic heterocycles. The number of piperidine rings is 1. The van der Waals surface area contributed by atoms with Gasteiger partial charge in [-0.15, -0.1) is 0 Å². The molecule has 1 aromatic rings. The van der Waals surface area contributed by atoms with Crippen LogP contribution in [0.2, 0.25) is 0 Å². The van der Waals surface area contributed by atoms with Crippen LogP contribution in [0, 0.1) is 11.8 Å². The zero-order chi connectivity index (χ0) is 17.8. The third kappa shape index (κ3) is 4.88. The Labute approximate surface area is 150 Å². The number of benzene rings is 1. The van der Waals surface area contributed by atoms with Crippen molar-refractivity contribution in [3.8, 4) is 5.75 Å². The molecule has 5 nitrogen and oxygen atoms in total. The molecule has 1 heterocycles. The van der Waals surface area contributed by atoms with Crippen LogP contribution in [0.4, 0.5) is 4.79 Å². The van der Waals surface area contributed by atoms with Crippen molar-refractivity contribution in [1.29, 1.82) is 0 Å². The summed E-state index contributed by atoms with van der Waals surface area (Å²) < 4.78 is 11.5. The van der Waals surface area contributed by atoms with E-state index in [1.807, 2.05) is 31.1 Å². The van der Waals surface area contributed by atoms with Gasteiger partial charge in [-0.05, 0) is 49.3 Å². The van der Waals surface area contributed by atoms with Crippen molar-refractivity contribution < 1.29 is 14.3 Å². The molecule has 2 amide bonds. The highest BCUT2D eigenvalue weighted by Crippen LogP contribution is 2.32. The zero-order valence-electron chi connectivity index (χ0n) is 15.6. The SMILES string of the molecule is COc1ccc(C[C@H]2CN(C(=O)N(C)C)CC[C@H]2OCC2CC2)cc1. The van der Waals surface area contributed by atoms with Crippen molar-refractivity contribution in [2.24, 2.45) is 11.8 Å². The molecule has 0 N–H and O–H groups in total. The molecular weight excluding hydrogens is 316 g/mol. The van der Waals surface area contributed by atoms with E-state index in [0.29, 0.717) is 5.92 Å². The maximum atomic E-state index is 12.4. The lowest BCUT2D eigenvalue weighted by molar-refractivity contribution is -0.0309. The highest BCUT2D eigenvalue weighted by atomic mass is 16.5. The second kappa shape index (κ2) is 8.09. The van der Waals surface area contributed by atoms with Gasteiger partial charge in [-0.25, -0.2) is 4.79 Å². The molecule has 138 valence electrons. The highest BCUT2D eigenvalue weighted by molar-refractivity contribution is 5.73. The Morgan fingerprint density at radius 1 is 1.20 bits per heavy atom. The molecule has 1 aromatic carbocycles. The van der Waals surface area contributed by atoms with Crippen LogP contribution in [-0.4, -0.2) is 62.8 Å². The Balaban J connectivity index is 1.66. The predicted octanol–water partition coefficient (Wildman–Crippen LogP) is 3.04. The molecule has 5 heteroatoms. The minimum absolute atomic E-state index is 0.0976. The van der Waals surface area contributed by atoms with Gasteiger partial charge < -0.3 is 19.3 Å². The van der Waals surface area contributed by atoms with Gasteiger partial charge in [-0.1, -0.05) is 12.1 Å². The summed E-state index contributed by atoms with van der Waals surface area (Å²) in [5, 5.41) is 0. The fraction of sp³-hybridized carbons (Fsp3) is 0.650. The third-order valence-electron chi connectivity index (χ3n) is 5.22. The Kier molecular flexibility index (Phi) is 5.84. The molecule has 2 aliphatic rings. The van der Waals surface area contributed by atoms with Crippen molar-refractivity contribution in [2.75, 3.05) is 40.9 Å². The summed E-state index contributed by atoms with van der Waals surface area (Å²) in [5.41, 5.74) is 1.27. The van der Waals surface area contributed by atoms with Gasteiger partial charge in [0, 0.05) is 39.7 Å². The van der Waals surface area contributed by atoms with Gasteiger partial charge in [0.25, 0.3) is 0 Å². The number of hydrogen-bond donors (Lipinski definition) is 0. The first-order chi connectivity index (χ1) is 12.1. The van der Waals surface area contributed by atoms with E-state index in [2.05, 4.69) is 12.1 Å². The van der Waals surface area contributed by atoms with Crippen LogP contribution < -0.4 is 4.74 Å². The number of ether oxygens (including phenoxy) is 2. The van der Waals surface area contributed by atoms with E-state index >= 15 is 0 Å². The number of rotatable bonds is 6. The number of methoxy groups -OCH3 is 1. The summed E-state index contributed by atoms with van der Waals surface area (Å²) in [5.74, 6) is 1.98. The molecule has 0 bridgehead atoms. The Hall–Kier alpha value is -1.75.